The van der Waals surface area contributed by atoms with Gasteiger partial charge in [0.15, 0.2) is 0 Å². The second-order valence-electron chi connectivity index (χ2n) is 4.53. The zero-order valence-electron chi connectivity index (χ0n) is 10.4. The first-order valence-electron chi connectivity index (χ1n) is 5.97. The van der Waals surface area contributed by atoms with Crippen LogP contribution in [0.1, 0.15) is 15.9 Å². The summed E-state index contributed by atoms with van der Waals surface area (Å²) in [5.41, 5.74) is 3.17. The first kappa shape index (κ1) is 11.5. The van der Waals surface area contributed by atoms with Gasteiger partial charge in [-0.3, -0.25) is 0 Å². The number of furan rings is 1. The van der Waals surface area contributed by atoms with E-state index in [2.05, 4.69) is 6.07 Å². The highest BCUT2D eigenvalue weighted by atomic mass is 16.4. The van der Waals surface area contributed by atoms with Gasteiger partial charge in [0.2, 0.25) is 0 Å². The molecule has 0 saturated carbocycles. The maximum atomic E-state index is 10.8. The molecule has 0 amide bonds. The fourth-order valence-electron chi connectivity index (χ4n) is 2.08. The van der Waals surface area contributed by atoms with E-state index in [9.17, 15) is 4.79 Å². The van der Waals surface area contributed by atoms with Gasteiger partial charge in [0.1, 0.15) is 11.3 Å². The Hall–Kier alpha value is -2.55. The molecule has 3 aromatic rings. The Morgan fingerprint density at radius 1 is 1.05 bits per heavy atom. The molecule has 0 unspecified atom stereocenters. The van der Waals surface area contributed by atoms with Gasteiger partial charge in [-0.2, -0.15) is 0 Å². The van der Waals surface area contributed by atoms with Crippen LogP contribution >= 0.6 is 0 Å². The van der Waals surface area contributed by atoms with Gasteiger partial charge in [-0.1, -0.05) is 23.8 Å². The minimum Gasteiger partial charge on any atom is -0.478 e. The number of fused-ring (bicyclic) bond motifs is 1. The maximum Gasteiger partial charge on any atom is 0.335 e. The zero-order chi connectivity index (χ0) is 13.4. The van der Waals surface area contributed by atoms with E-state index in [1.165, 1.54) is 5.56 Å². The first-order valence-corrected chi connectivity index (χ1v) is 5.97. The molecule has 3 nitrogen and oxygen atoms in total. The molecule has 1 aromatic heterocycles. The van der Waals surface area contributed by atoms with Crippen molar-refractivity contribution >= 4 is 16.9 Å². The Balaban J connectivity index is 2.06. The van der Waals surface area contributed by atoms with Crippen LogP contribution in [-0.4, -0.2) is 11.1 Å². The molecule has 1 N–H and O–H groups in total. The van der Waals surface area contributed by atoms with Gasteiger partial charge in [-0.05, 0) is 37.3 Å². The predicted octanol–water partition coefficient (Wildman–Crippen LogP) is 4.11. The summed E-state index contributed by atoms with van der Waals surface area (Å²) in [4.78, 5) is 10.8. The zero-order valence-corrected chi connectivity index (χ0v) is 10.4. The summed E-state index contributed by atoms with van der Waals surface area (Å²) in [5.74, 6) is -0.177. The van der Waals surface area contributed by atoms with Crippen molar-refractivity contribution in [1.82, 2.24) is 0 Å². The fourth-order valence-corrected chi connectivity index (χ4v) is 2.08. The third-order valence-corrected chi connectivity index (χ3v) is 3.09. The molecular formula is C16H12O3. The Labute approximate surface area is 110 Å². The van der Waals surface area contributed by atoms with Gasteiger partial charge < -0.3 is 9.52 Å². The number of aryl methyl sites for hydroxylation is 1. The summed E-state index contributed by atoms with van der Waals surface area (Å²) >= 11 is 0. The van der Waals surface area contributed by atoms with Gasteiger partial charge in [0.25, 0.3) is 0 Å². The average Bonchev–Trinajstić information content (AvgIpc) is 2.81. The van der Waals surface area contributed by atoms with E-state index in [1.807, 2.05) is 25.1 Å². The lowest BCUT2D eigenvalue weighted by atomic mass is 10.1. The number of rotatable bonds is 2. The van der Waals surface area contributed by atoms with Crippen molar-refractivity contribution in [2.24, 2.45) is 0 Å². The summed E-state index contributed by atoms with van der Waals surface area (Å²) in [7, 11) is 0. The Morgan fingerprint density at radius 3 is 2.47 bits per heavy atom. The Bertz CT molecular complexity index is 751. The second-order valence-corrected chi connectivity index (χ2v) is 4.53. The molecule has 0 aliphatic carbocycles. The fraction of sp³-hybridized carbons (Fsp3) is 0.0625. The number of hydrogen-bond donors (Lipinski definition) is 1. The first-order chi connectivity index (χ1) is 9.13. The molecule has 19 heavy (non-hydrogen) atoms. The number of carboxylic acids is 1. The van der Waals surface area contributed by atoms with E-state index in [1.54, 1.807) is 24.3 Å². The quantitative estimate of drug-likeness (QED) is 0.746. The van der Waals surface area contributed by atoms with Crippen LogP contribution < -0.4 is 0 Å². The molecule has 2 aromatic carbocycles. The molecule has 0 bridgehead atoms. The molecule has 0 spiro atoms. The van der Waals surface area contributed by atoms with Crippen LogP contribution in [0.3, 0.4) is 0 Å². The molecule has 0 fully saturated rings. The van der Waals surface area contributed by atoms with E-state index in [-0.39, 0.29) is 5.56 Å². The van der Waals surface area contributed by atoms with Crippen LogP contribution in [0.2, 0.25) is 0 Å². The van der Waals surface area contributed by atoms with Crippen LogP contribution in [0, 0.1) is 6.92 Å². The molecule has 3 heteroatoms. The monoisotopic (exact) mass is 252 g/mol. The van der Waals surface area contributed by atoms with Gasteiger partial charge >= 0.3 is 5.97 Å². The number of carbonyl (C=O) groups is 1. The minimum atomic E-state index is -0.924. The van der Waals surface area contributed by atoms with E-state index in [4.69, 9.17) is 9.52 Å². The van der Waals surface area contributed by atoms with Crippen molar-refractivity contribution < 1.29 is 14.3 Å². The van der Waals surface area contributed by atoms with Crippen molar-refractivity contribution in [2.45, 2.75) is 6.92 Å². The number of carboxylic acid groups (broad SMARTS) is 1. The number of hydrogen-bond acceptors (Lipinski definition) is 2. The third-order valence-electron chi connectivity index (χ3n) is 3.09. The molecule has 0 aliphatic heterocycles. The van der Waals surface area contributed by atoms with Gasteiger partial charge in [0.05, 0.1) is 5.56 Å². The second kappa shape index (κ2) is 4.28. The lowest BCUT2D eigenvalue weighted by Gasteiger charge is -1.97. The third kappa shape index (κ3) is 2.10. The van der Waals surface area contributed by atoms with Gasteiger partial charge in [-0.15, -0.1) is 0 Å². The molecule has 0 radical (unpaired) electrons. The van der Waals surface area contributed by atoms with E-state index in [0.29, 0.717) is 0 Å². The smallest absolute Gasteiger partial charge is 0.335 e. The standard InChI is InChI=1S/C16H12O3/c1-10-2-7-14-13(8-10)9-15(19-14)11-3-5-12(6-4-11)16(17)18/h2-9H,1H3,(H,17,18). The predicted molar refractivity (Wildman–Crippen MR) is 73.3 cm³/mol. The molecule has 94 valence electrons. The Kier molecular flexibility index (Phi) is 2.60. The van der Waals surface area contributed by atoms with Crippen LogP contribution in [0.4, 0.5) is 0 Å². The topological polar surface area (TPSA) is 50.4 Å². The van der Waals surface area contributed by atoms with Gasteiger partial charge in [-0.25, -0.2) is 4.79 Å². The van der Waals surface area contributed by atoms with E-state index >= 15 is 0 Å². The average molecular weight is 252 g/mol. The molecule has 0 atom stereocenters. The van der Waals surface area contributed by atoms with Crippen molar-refractivity contribution in [3.63, 3.8) is 0 Å². The highest BCUT2D eigenvalue weighted by Crippen LogP contribution is 2.28. The lowest BCUT2D eigenvalue weighted by molar-refractivity contribution is 0.0697. The van der Waals surface area contributed by atoms with Crippen LogP contribution in [-0.2, 0) is 0 Å². The SMILES string of the molecule is Cc1ccc2oc(-c3ccc(C(=O)O)cc3)cc2c1. The van der Waals surface area contributed by atoms with E-state index < -0.39 is 5.97 Å². The summed E-state index contributed by atoms with van der Waals surface area (Å²) in [5, 5.41) is 9.92. The van der Waals surface area contributed by atoms with E-state index in [0.717, 1.165) is 22.3 Å². The van der Waals surface area contributed by atoms with Crippen molar-refractivity contribution in [1.29, 1.82) is 0 Å². The number of benzene rings is 2. The summed E-state index contributed by atoms with van der Waals surface area (Å²) in [6, 6.07) is 14.7. The summed E-state index contributed by atoms with van der Waals surface area (Å²) in [6.07, 6.45) is 0. The molecular weight excluding hydrogens is 240 g/mol. The maximum absolute atomic E-state index is 10.8. The Morgan fingerprint density at radius 2 is 1.79 bits per heavy atom. The van der Waals surface area contributed by atoms with Crippen molar-refractivity contribution in [3.05, 3.63) is 59.7 Å². The molecule has 0 aliphatic rings. The van der Waals surface area contributed by atoms with Gasteiger partial charge in [0, 0.05) is 10.9 Å². The molecule has 0 saturated heterocycles. The summed E-state index contributed by atoms with van der Waals surface area (Å²) < 4.78 is 5.76. The molecule has 3 rings (SSSR count). The highest BCUT2D eigenvalue weighted by molar-refractivity contribution is 5.89. The highest BCUT2D eigenvalue weighted by Gasteiger charge is 2.08. The largest absolute Gasteiger partial charge is 0.478 e. The van der Waals surface area contributed by atoms with Crippen LogP contribution in [0.15, 0.2) is 52.9 Å². The van der Waals surface area contributed by atoms with Crippen LogP contribution in [0.25, 0.3) is 22.3 Å². The molecule has 1 heterocycles. The van der Waals surface area contributed by atoms with Crippen molar-refractivity contribution in [3.8, 4) is 11.3 Å². The van der Waals surface area contributed by atoms with Crippen molar-refractivity contribution in [2.75, 3.05) is 0 Å². The van der Waals surface area contributed by atoms with Crippen LogP contribution in [0.5, 0.6) is 0 Å². The minimum absolute atomic E-state index is 0.274. The summed E-state index contributed by atoms with van der Waals surface area (Å²) in [6.45, 7) is 2.04. The normalized spacial score (nSPS) is 10.8. The number of aromatic carboxylic acids is 1. The lowest BCUT2D eigenvalue weighted by Crippen LogP contribution is -1.94.